The number of hydrogen-bond donors (Lipinski definition) is 0. The van der Waals surface area contributed by atoms with Crippen LogP contribution in [0.1, 0.15) is 128 Å². The van der Waals surface area contributed by atoms with E-state index >= 15 is 0 Å². The van der Waals surface area contributed by atoms with Crippen LogP contribution in [0.15, 0.2) is 109 Å². The Morgan fingerprint density at radius 2 is 1.06 bits per heavy atom. The Hall–Kier alpha value is -2.10. The van der Waals surface area contributed by atoms with Gasteiger partial charge in [-0.25, -0.2) is 12.1 Å². The molecule has 8 rings (SSSR count). The maximum atomic E-state index is 3.88. The van der Waals surface area contributed by atoms with E-state index in [1.54, 1.807) is 74.4 Å². The van der Waals surface area contributed by atoms with E-state index in [1.165, 1.54) is 79.6 Å². The number of fused-ring (bicyclic) bond motifs is 3. The molecule has 3 aliphatic carbocycles. The first-order chi connectivity index (χ1) is 25.0. The van der Waals surface area contributed by atoms with Crippen molar-refractivity contribution in [3.8, 4) is 33.4 Å². The summed E-state index contributed by atoms with van der Waals surface area (Å²) in [7, 11) is 0. The molecule has 0 saturated heterocycles. The summed E-state index contributed by atoms with van der Waals surface area (Å²) in [5.41, 5.74) is 16.2. The van der Waals surface area contributed by atoms with Crippen LogP contribution in [0, 0.1) is 6.07 Å². The van der Waals surface area contributed by atoms with Gasteiger partial charge in [0.25, 0.3) is 0 Å². The maximum Gasteiger partial charge on any atom is -0.172 e. The summed E-state index contributed by atoms with van der Waals surface area (Å²) in [5, 5.41) is 0. The standard InChI is InChI=1S/C33H33.C12H22Si.C5H5.2ClH.Hf/c1-32(2,3)30-20-26-24(18-28(30)22-13-9-7-10-14-22)17-25-19-29(23-15-11-8-12-16-23)31(21-27(25)26)33(4,5)6;1-3-7-11(8-4-1)13-12-9-5-2-6-10-12;1-2-4-5-3-1;;;/h7-16,18,20-21H,17H2,1-6H3;11-12H,1-10H2;1-5H;2*1H;/q-1;;-1;;;+2/p-2. The van der Waals surface area contributed by atoms with Crippen LogP contribution >= 0.6 is 0 Å². The molecule has 0 N–H and O–H groups in total. The minimum Gasteiger partial charge on any atom is -0.214 e. The first kappa shape index (κ1) is 44.6. The van der Waals surface area contributed by atoms with Gasteiger partial charge in [0.15, 0.2) is 0 Å². The fourth-order valence-electron chi connectivity index (χ4n) is 8.58. The summed E-state index contributed by atoms with van der Waals surface area (Å²) in [6, 6.07) is 42.8. The first-order valence-corrected chi connectivity index (χ1v) is 27.2. The molecule has 2 saturated carbocycles. The Morgan fingerprint density at radius 1 is 0.574 bits per heavy atom. The maximum absolute atomic E-state index is 3.88. The summed E-state index contributed by atoms with van der Waals surface area (Å²) in [6.07, 6.45) is 16.8. The van der Waals surface area contributed by atoms with E-state index in [9.17, 15) is 0 Å². The molecule has 0 aliphatic heterocycles. The van der Waals surface area contributed by atoms with Crippen molar-refractivity contribution >= 4 is 5.49 Å². The zero-order chi connectivity index (χ0) is 36.7. The Morgan fingerprint density at radius 3 is 1.52 bits per heavy atom. The largest absolute Gasteiger partial charge is 0.214 e. The summed E-state index contributed by atoms with van der Waals surface area (Å²) < 4.78 is 0. The number of halogens is 2. The molecule has 0 nitrogen and oxygen atoms in total. The van der Waals surface area contributed by atoms with E-state index in [0.29, 0.717) is 0 Å². The molecular formula is C50H60Cl2HfSi-2. The van der Waals surface area contributed by atoms with Gasteiger partial charge in [-0.2, -0.15) is 18.2 Å². The average molecular weight is 939 g/mol. The molecule has 3 aliphatic rings. The zero-order valence-electron chi connectivity index (χ0n) is 33.6. The monoisotopic (exact) mass is 938 g/mol. The topological polar surface area (TPSA) is 0 Å². The van der Waals surface area contributed by atoms with E-state index < -0.39 is 0 Å². The van der Waals surface area contributed by atoms with Gasteiger partial charge in [-0.05, 0) is 39.5 Å². The zero-order valence-corrected chi connectivity index (χ0v) is 39.7. The van der Waals surface area contributed by atoms with Gasteiger partial charge in [0.1, 0.15) is 0 Å². The predicted octanol–water partition coefficient (Wildman–Crippen LogP) is 8.59. The van der Waals surface area contributed by atoms with Crippen LogP contribution in [0.2, 0.25) is 11.1 Å². The minimum absolute atomic E-state index is 0. The van der Waals surface area contributed by atoms with Crippen molar-refractivity contribution in [3.05, 3.63) is 138 Å². The van der Waals surface area contributed by atoms with Crippen LogP contribution in [0.25, 0.3) is 33.4 Å². The Bertz CT molecular complexity index is 1740. The number of hydrogen-bond acceptors (Lipinski definition) is 0. The Labute approximate surface area is 355 Å². The Kier molecular flexibility index (Phi) is 16.8. The molecule has 0 radical (unpaired) electrons. The van der Waals surface area contributed by atoms with Crippen molar-refractivity contribution in [3.63, 3.8) is 0 Å². The second-order valence-corrected chi connectivity index (χ2v) is 26.3. The third-order valence-corrected chi connectivity index (χ3v) is 23.2. The van der Waals surface area contributed by atoms with E-state index in [4.69, 9.17) is 0 Å². The Balaban J connectivity index is 0.000000255. The average Bonchev–Trinajstić information content (AvgIpc) is 3.86. The van der Waals surface area contributed by atoms with Gasteiger partial charge >= 0.3 is 104 Å². The van der Waals surface area contributed by atoms with Crippen LogP contribution in [0.5, 0.6) is 0 Å². The van der Waals surface area contributed by atoms with Crippen molar-refractivity contribution in [2.45, 2.75) is 134 Å². The van der Waals surface area contributed by atoms with Gasteiger partial charge < -0.3 is 24.8 Å². The molecule has 0 aromatic heterocycles. The third kappa shape index (κ3) is 11.3. The van der Waals surface area contributed by atoms with E-state index in [1.807, 2.05) is 30.3 Å². The summed E-state index contributed by atoms with van der Waals surface area (Å²) >= 11 is 1.57. The van der Waals surface area contributed by atoms with Crippen molar-refractivity contribution in [2.75, 3.05) is 0 Å². The van der Waals surface area contributed by atoms with Crippen LogP contribution in [0.4, 0.5) is 0 Å². The van der Waals surface area contributed by atoms with Gasteiger partial charge in [-0.1, -0.05) is 131 Å². The molecular weight excluding hydrogens is 878 g/mol. The van der Waals surface area contributed by atoms with Crippen LogP contribution in [-0.2, 0) is 40.3 Å². The van der Waals surface area contributed by atoms with Gasteiger partial charge in [-0.3, -0.25) is 0 Å². The van der Waals surface area contributed by atoms with Crippen molar-refractivity contribution in [1.82, 2.24) is 0 Å². The van der Waals surface area contributed by atoms with Gasteiger partial charge in [0, 0.05) is 0 Å². The van der Waals surface area contributed by atoms with Crippen molar-refractivity contribution in [2.24, 2.45) is 0 Å². The molecule has 284 valence electrons. The molecule has 0 atom stereocenters. The molecule has 0 amide bonds. The van der Waals surface area contributed by atoms with E-state index in [-0.39, 0.29) is 41.1 Å². The van der Waals surface area contributed by atoms with Gasteiger partial charge in [0.05, 0.1) is 0 Å². The molecule has 0 bridgehead atoms. The molecule has 5 aromatic rings. The molecule has 0 heterocycles. The second-order valence-electron chi connectivity index (χ2n) is 17.5. The van der Waals surface area contributed by atoms with Crippen molar-refractivity contribution in [1.29, 1.82) is 0 Å². The number of benzene rings is 4. The predicted molar refractivity (Wildman–Crippen MR) is 223 cm³/mol. The fraction of sp³-hybridized carbons (Fsp3) is 0.420. The van der Waals surface area contributed by atoms with E-state index in [0.717, 1.165) is 6.42 Å². The van der Waals surface area contributed by atoms with Crippen LogP contribution in [0.3, 0.4) is 0 Å². The van der Waals surface area contributed by atoms with Gasteiger partial charge in [-0.15, -0.1) is 28.8 Å². The molecule has 5 aromatic carbocycles. The molecule has 4 heteroatoms. The SMILES string of the molecule is CC(C)(C)c1cc2c([c-]c1-c1ccccc1)Cc1cc(-c3ccccc3)c(C(C)(C)C)cc1-2.[Cl-].[Cl-].[Hf+2]=[Si](C1CCCCC1)C1CCCCC1.c1cc[cH-]c1. The smallest absolute Gasteiger partial charge is 0.172 e. The van der Waals surface area contributed by atoms with E-state index in [2.05, 4.69) is 126 Å². The summed E-state index contributed by atoms with van der Waals surface area (Å²) in [5.74, 6) is 0. The summed E-state index contributed by atoms with van der Waals surface area (Å²) in [4.78, 5) is 0. The van der Waals surface area contributed by atoms with Crippen molar-refractivity contribution < 1.29 is 47.8 Å². The fourth-order valence-corrected chi connectivity index (χ4v) is 17.5. The molecule has 0 spiro atoms. The molecule has 2 fully saturated rings. The number of rotatable bonds is 4. The van der Waals surface area contributed by atoms with Crippen LogP contribution in [-0.4, -0.2) is 5.49 Å². The minimum atomic E-state index is 0. The second kappa shape index (κ2) is 20.4. The first-order valence-electron chi connectivity index (χ1n) is 20.1. The quantitative estimate of drug-likeness (QED) is 0.123. The third-order valence-electron chi connectivity index (χ3n) is 11.5. The van der Waals surface area contributed by atoms with Crippen LogP contribution < -0.4 is 24.8 Å². The normalized spacial score (nSPS) is 15.6. The summed E-state index contributed by atoms with van der Waals surface area (Å²) in [6.45, 7) is 13.9. The van der Waals surface area contributed by atoms with Gasteiger partial charge in [0.2, 0.25) is 0 Å². The molecule has 0 unspecified atom stereocenters. The molecule has 54 heavy (non-hydrogen) atoms.